The largest absolute Gasteiger partial charge is 0.496 e. The number of benzene rings is 1. The van der Waals surface area contributed by atoms with Crippen LogP contribution in [-0.2, 0) is 6.54 Å². The molecule has 1 aromatic carbocycles. The van der Waals surface area contributed by atoms with E-state index < -0.39 is 5.60 Å². The normalized spacial score (nSPS) is 20.4. The number of halogens is 1. The number of hydrogen-bond acceptors (Lipinski definition) is 4. The van der Waals surface area contributed by atoms with Crippen LogP contribution < -0.4 is 15.4 Å². The Labute approximate surface area is 166 Å². The maximum absolute atomic E-state index is 10.4. The molecule has 136 valence electrons. The van der Waals surface area contributed by atoms with Crippen LogP contribution >= 0.6 is 35.7 Å². The monoisotopic (exact) mass is 465 g/mol. The Kier molecular flexibility index (Phi) is 9.22. The Bertz CT molecular complexity index is 549. The molecule has 0 saturated carbocycles. The van der Waals surface area contributed by atoms with Crippen molar-refractivity contribution in [3.05, 3.63) is 29.3 Å². The van der Waals surface area contributed by atoms with Crippen molar-refractivity contribution in [1.82, 2.24) is 10.6 Å². The summed E-state index contributed by atoms with van der Waals surface area (Å²) < 4.78 is 5.42. The third-order valence-electron chi connectivity index (χ3n) is 3.86. The van der Waals surface area contributed by atoms with Crippen molar-refractivity contribution in [2.45, 2.75) is 32.4 Å². The van der Waals surface area contributed by atoms with E-state index in [1.54, 1.807) is 18.9 Å². The summed E-state index contributed by atoms with van der Waals surface area (Å²) >= 11 is 1.80. The summed E-state index contributed by atoms with van der Waals surface area (Å²) in [6.45, 7) is 5.91. The number of aliphatic imine (C=N–C) groups is 1. The predicted octanol–water partition coefficient (Wildman–Crippen LogP) is 2.54. The third kappa shape index (κ3) is 6.33. The van der Waals surface area contributed by atoms with Crippen molar-refractivity contribution in [3.8, 4) is 5.75 Å². The number of hydrogen-bond donors (Lipinski definition) is 3. The van der Waals surface area contributed by atoms with Gasteiger partial charge in [-0.15, -0.1) is 24.0 Å². The molecule has 1 heterocycles. The maximum atomic E-state index is 10.4. The fourth-order valence-corrected chi connectivity index (χ4v) is 3.77. The van der Waals surface area contributed by atoms with Crippen molar-refractivity contribution in [2.24, 2.45) is 4.99 Å². The molecule has 2 rings (SSSR count). The van der Waals surface area contributed by atoms with Crippen molar-refractivity contribution in [3.63, 3.8) is 0 Å². The minimum atomic E-state index is -0.623. The molecular formula is C17H28IN3O2S. The van der Waals surface area contributed by atoms with Gasteiger partial charge in [-0.1, -0.05) is 12.1 Å². The summed E-state index contributed by atoms with van der Waals surface area (Å²) in [6, 6.07) is 6.12. The third-order valence-corrected chi connectivity index (χ3v) is 5.10. The van der Waals surface area contributed by atoms with E-state index in [1.165, 1.54) is 5.56 Å². The first-order valence-corrected chi connectivity index (χ1v) is 9.17. The fourth-order valence-electron chi connectivity index (χ4n) is 2.47. The van der Waals surface area contributed by atoms with Crippen LogP contribution in [0.1, 0.15) is 24.5 Å². The molecule has 1 fully saturated rings. The van der Waals surface area contributed by atoms with Crippen molar-refractivity contribution in [2.75, 3.05) is 31.7 Å². The van der Waals surface area contributed by atoms with Crippen LogP contribution in [0.15, 0.2) is 23.2 Å². The number of methoxy groups -OCH3 is 1. The van der Waals surface area contributed by atoms with Gasteiger partial charge in [-0.05, 0) is 37.7 Å². The molecule has 7 heteroatoms. The Hall–Kier alpha value is -0.670. The van der Waals surface area contributed by atoms with E-state index in [0.717, 1.165) is 41.7 Å². The van der Waals surface area contributed by atoms with Crippen LogP contribution in [0.5, 0.6) is 5.75 Å². The van der Waals surface area contributed by atoms with Gasteiger partial charge in [-0.25, -0.2) is 4.99 Å². The van der Waals surface area contributed by atoms with Crippen LogP contribution in [0.3, 0.4) is 0 Å². The molecule has 0 radical (unpaired) electrons. The Morgan fingerprint density at radius 1 is 1.42 bits per heavy atom. The zero-order valence-electron chi connectivity index (χ0n) is 14.6. The van der Waals surface area contributed by atoms with Crippen LogP contribution in [-0.4, -0.2) is 48.4 Å². The lowest BCUT2D eigenvalue weighted by atomic mass is 10.0. The standard InChI is InChI=1S/C17H27N3O2S.HI/c1-4-18-16(20-11-17(21)7-8-23-12-17)19-10-14-6-5-13(2)9-15(14)22-3;/h5-6,9,21H,4,7-8,10-12H2,1-3H3,(H2,18,19,20);1H. The Balaban J connectivity index is 0.00000288. The smallest absolute Gasteiger partial charge is 0.191 e. The lowest BCUT2D eigenvalue weighted by Gasteiger charge is -2.23. The number of aryl methyl sites for hydroxylation is 1. The number of ether oxygens (including phenoxy) is 1. The molecule has 3 N–H and O–H groups in total. The minimum Gasteiger partial charge on any atom is -0.496 e. The first-order chi connectivity index (χ1) is 11.1. The van der Waals surface area contributed by atoms with Gasteiger partial charge in [0.05, 0.1) is 19.3 Å². The molecule has 1 aromatic rings. The molecule has 24 heavy (non-hydrogen) atoms. The molecule has 1 unspecified atom stereocenters. The molecule has 5 nitrogen and oxygen atoms in total. The lowest BCUT2D eigenvalue weighted by Crippen LogP contribution is -2.47. The van der Waals surface area contributed by atoms with Crippen LogP contribution in [0.25, 0.3) is 0 Å². The molecule has 0 bridgehead atoms. The number of nitrogens with zero attached hydrogens (tertiary/aromatic N) is 1. The van der Waals surface area contributed by atoms with Gasteiger partial charge in [0, 0.05) is 24.4 Å². The number of thioether (sulfide) groups is 1. The molecule has 1 aliphatic rings. The molecule has 0 aromatic heterocycles. The quantitative estimate of drug-likeness (QED) is 0.343. The highest BCUT2D eigenvalue weighted by Crippen LogP contribution is 2.27. The Morgan fingerprint density at radius 2 is 2.21 bits per heavy atom. The van der Waals surface area contributed by atoms with Crippen molar-refractivity contribution >= 4 is 41.7 Å². The summed E-state index contributed by atoms with van der Waals surface area (Å²) in [4.78, 5) is 4.61. The van der Waals surface area contributed by atoms with E-state index >= 15 is 0 Å². The summed E-state index contributed by atoms with van der Waals surface area (Å²) in [6.07, 6.45) is 0.829. The summed E-state index contributed by atoms with van der Waals surface area (Å²) in [7, 11) is 1.68. The highest BCUT2D eigenvalue weighted by Gasteiger charge is 2.31. The highest BCUT2D eigenvalue weighted by molar-refractivity contribution is 14.0. The average Bonchev–Trinajstić information content (AvgIpc) is 2.98. The molecule has 0 aliphatic carbocycles. The van der Waals surface area contributed by atoms with E-state index in [9.17, 15) is 5.11 Å². The zero-order valence-corrected chi connectivity index (χ0v) is 17.7. The van der Waals surface area contributed by atoms with Crippen molar-refractivity contribution in [1.29, 1.82) is 0 Å². The molecule has 1 atom stereocenters. The van der Waals surface area contributed by atoms with E-state index in [-0.39, 0.29) is 24.0 Å². The average molecular weight is 465 g/mol. The predicted molar refractivity (Wildman–Crippen MR) is 113 cm³/mol. The van der Waals surface area contributed by atoms with Crippen LogP contribution in [0.2, 0.25) is 0 Å². The van der Waals surface area contributed by atoms with E-state index in [0.29, 0.717) is 13.1 Å². The van der Waals surface area contributed by atoms with Crippen LogP contribution in [0, 0.1) is 6.92 Å². The fraction of sp³-hybridized carbons (Fsp3) is 0.588. The van der Waals surface area contributed by atoms with Gasteiger partial charge < -0.3 is 20.5 Å². The lowest BCUT2D eigenvalue weighted by molar-refractivity contribution is 0.0724. The summed E-state index contributed by atoms with van der Waals surface area (Å²) in [5.41, 5.74) is 1.59. The van der Waals surface area contributed by atoms with Crippen molar-refractivity contribution < 1.29 is 9.84 Å². The van der Waals surface area contributed by atoms with E-state index in [2.05, 4.69) is 21.7 Å². The minimum absolute atomic E-state index is 0. The van der Waals surface area contributed by atoms with Crippen LogP contribution in [0.4, 0.5) is 0 Å². The Morgan fingerprint density at radius 3 is 2.83 bits per heavy atom. The number of nitrogens with one attached hydrogen (secondary N) is 2. The second-order valence-corrected chi connectivity index (χ2v) is 7.00. The zero-order chi connectivity index (χ0) is 16.7. The van der Waals surface area contributed by atoms with E-state index in [4.69, 9.17) is 4.74 Å². The highest BCUT2D eigenvalue weighted by atomic mass is 127. The van der Waals surface area contributed by atoms with Gasteiger partial charge in [0.1, 0.15) is 5.75 Å². The second kappa shape index (κ2) is 10.4. The van der Waals surface area contributed by atoms with Gasteiger partial charge in [0.2, 0.25) is 0 Å². The molecule has 0 spiro atoms. The number of rotatable bonds is 6. The summed E-state index contributed by atoms with van der Waals surface area (Å²) in [5.74, 6) is 3.38. The first-order valence-electron chi connectivity index (χ1n) is 8.02. The molecular weight excluding hydrogens is 437 g/mol. The maximum Gasteiger partial charge on any atom is 0.191 e. The van der Waals surface area contributed by atoms with Gasteiger partial charge >= 0.3 is 0 Å². The molecule has 1 saturated heterocycles. The number of guanidine groups is 1. The van der Waals surface area contributed by atoms with E-state index in [1.807, 2.05) is 26.0 Å². The molecule has 1 aliphatic heterocycles. The van der Waals surface area contributed by atoms with Gasteiger partial charge in [0.25, 0.3) is 0 Å². The summed E-state index contributed by atoms with van der Waals surface area (Å²) in [5, 5.41) is 16.9. The van der Waals surface area contributed by atoms with Gasteiger partial charge in [-0.3, -0.25) is 0 Å². The topological polar surface area (TPSA) is 65.9 Å². The molecule has 0 amide bonds. The first kappa shape index (κ1) is 21.4. The number of aliphatic hydroxyl groups is 1. The van der Waals surface area contributed by atoms with Gasteiger partial charge in [-0.2, -0.15) is 11.8 Å². The second-order valence-electron chi connectivity index (χ2n) is 5.89. The van der Waals surface area contributed by atoms with Gasteiger partial charge in [0.15, 0.2) is 5.96 Å². The SMILES string of the molecule is CCNC(=NCc1ccc(C)cc1OC)NCC1(O)CCSC1.I.